The summed E-state index contributed by atoms with van der Waals surface area (Å²) in [6.45, 7) is 0. The van der Waals surface area contributed by atoms with Crippen LogP contribution in [0.25, 0.3) is 0 Å². The molecule has 0 saturated carbocycles. The van der Waals surface area contributed by atoms with Gasteiger partial charge in [0.25, 0.3) is 0 Å². The Labute approximate surface area is 129 Å². The van der Waals surface area contributed by atoms with Crippen molar-refractivity contribution in [2.24, 2.45) is 0 Å². The third-order valence-corrected chi connectivity index (χ3v) is 4.11. The van der Waals surface area contributed by atoms with Gasteiger partial charge in [-0.3, -0.25) is 0 Å². The van der Waals surface area contributed by atoms with Gasteiger partial charge >= 0.3 is 0 Å². The van der Waals surface area contributed by atoms with E-state index in [1.807, 2.05) is 18.2 Å². The molecule has 106 valence electrons. The summed E-state index contributed by atoms with van der Waals surface area (Å²) in [7, 11) is 1.36. The average Bonchev–Trinajstić information content (AvgIpc) is 2.40. The van der Waals surface area contributed by atoms with Gasteiger partial charge in [0.05, 0.1) is 7.11 Å². The largest absolute Gasteiger partial charge is 0.497 e. The van der Waals surface area contributed by atoms with Gasteiger partial charge in [-0.1, -0.05) is 45.7 Å². The highest BCUT2D eigenvalue weighted by atomic mass is 79.9. The standard InChI is InChI=1S/C15H12BrClF2O/c1-20-10-7-13(18)15(14(19)8-10)11(16)6-9-4-2-3-5-12(9)17/h2-5,7-8,11H,6H2,1H3. The fourth-order valence-electron chi connectivity index (χ4n) is 1.94. The summed E-state index contributed by atoms with van der Waals surface area (Å²) in [5.41, 5.74) is 0.802. The number of alkyl halides is 1. The van der Waals surface area contributed by atoms with Crippen LogP contribution in [0, 0.1) is 11.6 Å². The van der Waals surface area contributed by atoms with E-state index in [-0.39, 0.29) is 11.3 Å². The SMILES string of the molecule is COc1cc(F)c(C(Br)Cc2ccccc2Cl)c(F)c1. The molecule has 0 saturated heterocycles. The minimum Gasteiger partial charge on any atom is -0.497 e. The van der Waals surface area contributed by atoms with E-state index in [1.54, 1.807) is 6.07 Å². The molecule has 0 amide bonds. The van der Waals surface area contributed by atoms with Gasteiger partial charge < -0.3 is 4.74 Å². The Kier molecular flexibility index (Phi) is 5.00. The van der Waals surface area contributed by atoms with E-state index in [9.17, 15) is 8.78 Å². The maximum atomic E-state index is 14.0. The highest BCUT2D eigenvalue weighted by Gasteiger charge is 2.20. The molecule has 0 aromatic heterocycles. The zero-order valence-corrected chi connectivity index (χ0v) is 13.0. The molecule has 2 aromatic carbocycles. The van der Waals surface area contributed by atoms with Crippen LogP contribution in [0.3, 0.4) is 0 Å². The fourth-order valence-corrected chi connectivity index (χ4v) is 2.94. The molecule has 0 radical (unpaired) electrons. The molecule has 2 aromatic rings. The van der Waals surface area contributed by atoms with Crippen LogP contribution in [0.15, 0.2) is 36.4 Å². The first-order chi connectivity index (χ1) is 9.52. The van der Waals surface area contributed by atoms with E-state index in [4.69, 9.17) is 16.3 Å². The lowest BCUT2D eigenvalue weighted by atomic mass is 10.0. The molecule has 1 unspecified atom stereocenters. The van der Waals surface area contributed by atoms with Gasteiger partial charge in [-0.15, -0.1) is 0 Å². The molecular weight excluding hydrogens is 350 g/mol. The van der Waals surface area contributed by atoms with Crippen LogP contribution in [0.2, 0.25) is 5.02 Å². The molecule has 0 heterocycles. The molecule has 1 atom stereocenters. The van der Waals surface area contributed by atoms with Crippen LogP contribution in [0.4, 0.5) is 8.78 Å². The highest BCUT2D eigenvalue weighted by molar-refractivity contribution is 9.09. The van der Waals surface area contributed by atoms with Crippen LogP contribution < -0.4 is 4.74 Å². The van der Waals surface area contributed by atoms with Gasteiger partial charge in [-0.05, 0) is 18.1 Å². The summed E-state index contributed by atoms with van der Waals surface area (Å²) < 4.78 is 32.8. The Morgan fingerprint density at radius 2 is 1.80 bits per heavy atom. The number of hydrogen-bond donors (Lipinski definition) is 0. The van der Waals surface area contributed by atoms with E-state index in [0.717, 1.165) is 5.56 Å². The van der Waals surface area contributed by atoms with Gasteiger partial charge in [-0.2, -0.15) is 0 Å². The van der Waals surface area contributed by atoms with E-state index >= 15 is 0 Å². The second kappa shape index (κ2) is 6.55. The number of halogens is 4. The van der Waals surface area contributed by atoms with E-state index in [2.05, 4.69) is 15.9 Å². The zero-order valence-electron chi connectivity index (χ0n) is 10.7. The monoisotopic (exact) mass is 360 g/mol. The third-order valence-electron chi connectivity index (χ3n) is 2.96. The molecule has 0 N–H and O–H groups in total. The van der Waals surface area contributed by atoms with E-state index < -0.39 is 16.5 Å². The van der Waals surface area contributed by atoms with Gasteiger partial charge in [0, 0.05) is 27.5 Å². The summed E-state index contributed by atoms with van der Waals surface area (Å²) in [4.78, 5) is -0.506. The smallest absolute Gasteiger partial charge is 0.134 e. The first-order valence-electron chi connectivity index (χ1n) is 5.93. The van der Waals surface area contributed by atoms with Crippen molar-refractivity contribution in [2.45, 2.75) is 11.2 Å². The molecule has 20 heavy (non-hydrogen) atoms. The second-order valence-corrected chi connectivity index (χ2v) is 5.78. The van der Waals surface area contributed by atoms with Gasteiger partial charge in [0.2, 0.25) is 0 Å². The number of methoxy groups -OCH3 is 1. The van der Waals surface area contributed by atoms with Crippen molar-refractivity contribution >= 4 is 27.5 Å². The van der Waals surface area contributed by atoms with Crippen LogP contribution in [-0.2, 0) is 6.42 Å². The molecular formula is C15H12BrClF2O. The second-order valence-electron chi connectivity index (χ2n) is 4.27. The van der Waals surface area contributed by atoms with Gasteiger partial charge in [-0.25, -0.2) is 8.78 Å². The van der Waals surface area contributed by atoms with Crippen molar-refractivity contribution in [1.29, 1.82) is 0 Å². The van der Waals surface area contributed by atoms with Crippen LogP contribution >= 0.6 is 27.5 Å². The minimum absolute atomic E-state index is 0.0225. The van der Waals surface area contributed by atoms with Crippen molar-refractivity contribution in [3.05, 3.63) is 64.2 Å². The summed E-state index contributed by atoms with van der Waals surface area (Å²) in [6, 6.07) is 9.55. The predicted octanol–water partition coefficient (Wildman–Crippen LogP) is 5.31. The average molecular weight is 362 g/mol. The first-order valence-corrected chi connectivity index (χ1v) is 7.22. The first kappa shape index (κ1) is 15.3. The molecule has 5 heteroatoms. The molecule has 0 aliphatic rings. The van der Waals surface area contributed by atoms with Crippen molar-refractivity contribution in [2.75, 3.05) is 7.11 Å². The molecule has 1 nitrogen and oxygen atoms in total. The summed E-state index contributed by atoms with van der Waals surface area (Å²) >= 11 is 9.38. The Balaban J connectivity index is 2.30. The lowest BCUT2D eigenvalue weighted by molar-refractivity contribution is 0.405. The molecule has 2 rings (SSSR count). The summed E-state index contributed by atoms with van der Waals surface area (Å²) in [5.74, 6) is -1.13. The Hall–Kier alpha value is -1.13. The van der Waals surface area contributed by atoms with Gasteiger partial charge in [0.15, 0.2) is 0 Å². The zero-order chi connectivity index (χ0) is 14.7. The lowest BCUT2D eigenvalue weighted by Crippen LogP contribution is -2.03. The molecule has 0 fully saturated rings. The normalized spacial score (nSPS) is 12.2. The topological polar surface area (TPSA) is 9.23 Å². The molecule has 0 spiro atoms. The number of rotatable bonds is 4. The lowest BCUT2D eigenvalue weighted by Gasteiger charge is -2.14. The maximum Gasteiger partial charge on any atom is 0.134 e. The Bertz CT molecular complexity index is 596. The van der Waals surface area contributed by atoms with Crippen LogP contribution in [-0.4, -0.2) is 7.11 Å². The van der Waals surface area contributed by atoms with E-state index in [1.165, 1.54) is 19.2 Å². The van der Waals surface area contributed by atoms with Crippen molar-refractivity contribution in [3.63, 3.8) is 0 Å². The van der Waals surface area contributed by atoms with Crippen molar-refractivity contribution in [3.8, 4) is 5.75 Å². The number of benzene rings is 2. The molecule has 0 bridgehead atoms. The van der Waals surface area contributed by atoms with Gasteiger partial charge in [0.1, 0.15) is 17.4 Å². The Morgan fingerprint density at radius 1 is 1.20 bits per heavy atom. The third kappa shape index (κ3) is 3.30. The van der Waals surface area contributed by atoms with Crippen LogP contribution in [0.5, 0.6) is 5.75 Å². The molecule has 0 aliphatic carbocycles. The Morgan fingerprint density at radius 3 is 2.35 bits per heavy atom. The van der Waals surface area contributed by atoms with Crippen molar-refractivity contribution in [1.82, 2.24) is 0 Å². The van der Waals surface area contributed by atoms with E-state index in [0.29, 0.717) is 11.4 Å². The predicted molar refractivity (Wildman–Crippen MR) is 79.7 cm³/mol. The quantitative estimate of drug-likeness (QED) is 0.671. The fraction of sp³-hybridized carbons (Fsp3) is 0.200. The summed E-state index contributed by atoms with van der Waals surface area (Å²) in [6.07, 6.45) is 0.389. The summed E-state index contributed by atoms with van der Waals surface area (Å²) in [5, 5.41) is 0.575. The highest BCUT2D eigenvalue weighted by Crippen LogP contribution is 2.34. The number of hydrogen-bond acceptors (Lipinski definition) is 1. The van der Waals surface area contributed by atoms with Crippen LogP contribution in [0.1, 0.15) is 16.0 Å². The number of ether oxygens (including phenoxy) is 1. The molecule has 0 aliphatic heterocycles. The van der Waals surface area contributed by atoms with Crippen molar-refractivity contribution < 1.29 is 13.5 Å². The minimum atomic E-state index is -0.643. The maximum absolute atomic E-state index is 14.0.